The van der Waals surface area contributed by atoms with E-state index in [-0.39, 0.29) is 24.7 Å². The molecule has 2 rings (SSSR count). The SMILES string of the molecule is CCCC(=NOCC)C1C(=O)CN(c2ccccc2)CC1=O. The zero-order valence-electron chi connectivity index (χ0n) is 13.1. The Balaban J connectivity index is 2.16. The van der Waals surface area contributed by atoms with Crippen LogP contribution >= 0.6 is 0 Å². The number of hydrogen-bond donors (Lipinski definition) is 0. The lowest BCUT2D eigenvalue weighted by Gasteiger charge is -2.31. The number of benzene rings is 1. The second-order valence-electron chi connectivity index (χ2n) is 5.31. The molecule has 5 heteroatoms. The first-order valence-corrected chi connectivity index (χ1v) is 7.71. The third-order valence-corrected chi connectivity index (χ3v) is 3.61. The Morgan fingerprint density at radius 3 is 2.36 bits per heavy atom. The quantitative estimate of drug-likeness (QED) is 0.460. The molecule has 0 spiro atoms. The molecule has 118 valence electrons. The molecule has 0 atom stereocenters. The average molecular weight is 302 g/mol. The van der Waals surface area contributed by atoms with Crippen LogP contribution in [0.3, 0.4) is 0 Å². The average Bonchev–Trinajstić information content (AvgIpc) is 2.52. The summed E-state index contributed by atoms with van der Waals surface area (Å²) < 4.78 is 0. The van der Waals surface area contributed by atoms with E-state index < -0.39 is 5.92 Å². The minimum absolute atomic E-state index is 0.105. The summed E-state index contributed by atoms with van der Waals surface area (Å²) in [4.78, 5) is 31.8. The Morgan fingerprint density at radius 1 is 1.18 bits per heavy atom. The summed E-state index contributed by atoms with van der Waals surface area (Å²) >= 11 is 0. The van der Waals surface area contributed by atoms with Gasteiger partial charge in [0.05, 0.1) is 18.8 Å². The first kappa shape index (κ1) is 16.2. The highest BCUT2D eigenvalue weighted by molar-refractivity contribution is 6.24. The number of carbonyl (C=O) groups excluding carboxylic acids is 2. The summed E-state index contributed by atoms with van der Waals surface area (Å²) in [6.45, 7) is 4.72. The summed E-state index contributed by atoms with van der Waals surface area (Å²) in [6.07, 6.45) is 1.43. The van der Waals surface area contributed by atoms with Crippen LogP contribution in [0.2, 0.25) is 0 Å². The van der Waals surface area contributed by atoms with Crippen molar-refractivity contribution in [3.63, 3.8) is 0 Å². The lowest BCUT2D eigenvalue weighted by Crippen LogP contribution is -2.50. The van der Waals surface area contributed by atoms with Crippen molar-refractivity contribution in [1.29, 1.82) is 0 Å². The maximum Gasteiger partial charge on any atom is 0.168 e. The Hall–Kier alpha value is -2.17. The first-order chi connectivity index (χ1) is 10.7. The highest BCUT2D eigenvalue weighted by Gasteiger charge is 2.37. The van der Waals surface area contributed by atoms with E-state index in [1.54, 1.807) is 0 Å². The molecule has 0 aliphatic carbocycles. The van der Waals surface area contributed by atoms with Crippen molar-refractivity contribution in [3.05, 3.63) is 30.3 Å². The lowest BCUT2D eigenvalue weighted by atomic mass is 9.87. The molecule has 22 heavy (non-hydrogen) atoms. The molecule has 1 heterocycles. The monoisotopic (exact) mass is 302 g/mol. The Kier molecular flexibility index (Phi) is 5.69. The predicted octanol–water partition coefficient (Wildman–Crippen LogP) is 2.45. The van der Waals surface area contributed by atoms with Crippen LogP contribution < -0.4 is 4.90 Å². The number of carbonyl (C=O) groups is 2. The molecule has 0 aromatic heterocycles. The minimum Gasteiger partial charge on any atom is -0.396 e. The molecule has 0 amide bonds. The molecular weight excluding hydrogens is 280 g/mol. The lowest BCUT2D eigenvalue weighted by molar-refractivity contribution is -0.130. The molecule has 0 N–H and O–H groups in total. The van der Waals surface area contributed by atoms with Crippen LogP contribution in [0.15, 0.2) is 35.5 Å². The van der Waals surface area contributed by atoms with Gasteiger partial charge in [-0.25, -0.2) is 0 Å². The van der Waals surface area contributed by atoms with Crippen molar-refractivity contribution >= 4 is 23.0 Å². The van der Waals surface area contributed by atoms with Gasteiger partial charge >= 0.3 is 0 Å². The molecule has 1 aromatic carbocycles. The van der Waals surface area contributed by atoms with Gasteiger partial charge in [-0.15, -0.1) is 0 Å². The van der Waals surface area contributed by atoms with Crippen molar-refractivity contribution in [1.82, 2.24) is 0 Å². The third kappa shape index (κ3) is 3.72. The van der Waals surface area contributed by atoms with Crippen molar-refractivity contribution in [3.8, 4) is 0 Å². The summed E-state index contributed by atoms with van der Waals surface area (Å²) in [5.41, 5.74) is 1.45. The molecule has 1 saturated heterocycles. The van der Waals surface area contributed by atoms with Crippen molar-refractivity contribution in [2.75, 3.05) is 24.6 Å². The topological polar surface area (TPSA) is 59.0 Å². The van der Waals surface area contributed by atoms with E-state index in [1.165, 1.54) is 0 Å². The van der Waals surface area contributed by atoms with Gasteiger partial charge in [-0.2, -0.15) is 0 Å². The molecule has 0 bridgehead atoms. The Bertz CT molecular complexity index is 536. The minimum atomic E-state index is -0.744. The number of oxime groups is 1. The zero-order chi connectivity index (χ0) is 15.9. The largest absolute Gasteiger partial charge is 0.396 e. The molecule has 0 unspecified atom stereocenters. The fourth-order valence-corrected chi connectivity index (χ4v) is 2.63. The van der Waals surface area contributed by atoms with Crippen molar-refractivity contribution in [2.45, 2.75) is 26.7 Å². The van der Waals surface area contributed by atoms with Gasteiger partial charge in [0.15, 0.2) is 11.6 Å². The van der Waals surface area contributed by atoms with Gasteiger partial charge in [-0.3, -0.25) is 9.59 Å². The number of nitrogens with zero attached hydrogens (tertiary/aromatic N) is 2. The van der Waals surface area contributed by atoms with Gasteiger partial charge in [-0.1, -0.05) is 36.7 Å². The van der Waals surface area contributed by atoms with Gasteiger partial charge in [0.1, 0.15) is 12.5 Å². The van der Waals surface area contributed by atoms with Gasteiger partial charge in [0, 0.05) is 5.69 Å². The Morgan fingerprint density at radius 2 is 1.82 bits per heavy atom. The van der Waals surface area contributed by atoms with Crippen molar-refractivity contribution < 1.29 is 14.4 Å². The van der Waals surface area contributed by atoms with Gasteiger partial charge < -0.3 is 9.74 Å². The fourth-order valence-electron chi connectivity index (χ4n) is 2.63. The summed E-state index contributed by atoms with van der Waals surface area (Å²) in [6, 6.07) is 9.52. The van der Waals surface area contributed by atoms with Crippen LogP contribution in [0, 0.1) is 5.92 Å². The third-order valence-electron chi connectivity index (χ3n) is 3.61. The van der Waals surface area contributed by atoms with Gasteiger partial charge in [-0.05, 0) is 25.5 Å². The molecule has 1 aliphatic heterocycles. The van der Waals surface area contributed by atoms with Crippen LogP contribution in [0.5, 0.6) is 0 Å². The van der Waals surface area contributed by atoms with E-state index in [9.17, 15) is 9.59 Å². The molecule has 1 aromatic rings. The van der Waals surface area contributed by atoms with Crippen LogP contribution in [-0.2, 0) is 14.4 Å². The van der Waals surface area contributed by atoms with Crippen LogP contribution in [0.25, 0.3) is 0 Å². The van der Waals surface area contributed by atoms with Crippen LogP contribution in [0.4, 0.5) is 5.69 Å². The van der Waals surface area contributed by atoms with Gasteiger partial charge in [0.25, 0.3) is 0 Å². The number of ketones is 2. The first-order valence-electron chi connectivity index (χ1n) is 7.71. The number of anilines is 1. The summed E-state index contributed by atoms with van der Waals surface area (Å²) in [7, 11) is 0. The van der Waals surface area contributed by atoms with E-state index in [0.717, 1.165) is 12.1 Å². The highest BCUT2D eigenvalue weighted by Crippen LogP contribution is 2.21. The molecule has 1 aliphatic rings. The number of Topliss-reactive ketones (excluding diaryl/α,β-unsaturated/α-hetero) is 2. The molecular formula is C17H22N2O3. The van der Waals surface area contributed by atoms with E-state index in [4.69, 9.17) is 4.84 Å². The smallest absolute Gasteiger partial charge is 0.168 e. The van der Waals surface area contributed by atoms with E-state index in [2.05, 4.69) is 5.16 Å². The molecule has 5 nitrogen and oxygen atoms in total. The molecule has 0 saturated carbocycles. The van der Waals surface area contributed by atoms with Crippen LogP contribution in [-0.4, -0.2) is 37.0 Å². The van der Waals surface area contributed by atoms with E-state index >= 15 is 0 Å². The second kappa shape index (κ2) is 7.73. The Labute approximate surface area is 130 Å². The van der Waals surface area contributed by atoms with Crippen LogP contribution in [0.1, 0.15) is 26.7 Å². The maximum atomic E-state index is 12.5. The summed E-state index contributed by atoms with van der Waals surface area (Å²) in [5.74, 6) is -0.953. The van der Waals surface area contributed by atoms with Gasteiger partial charge in [0.2, 0.25) is 0 Å². The second-order valence-corrected chi connectivity index (χ2v) is 5.31. The van der Waals surface area contributed by atoms with E-state index in [1.807, 2.05) is 49.1 Å². The van der Waals surface area contributed by atoms with E-state index in [0.29, 0.717) is 18.7 Å². The number of piperidine rings is 1. The van der Waals surface area contributed by atoms with Crippen molar-refractivity contribution in [2.24, 2.45) is 11.1 Å². The zero-order valence-corrected chi connectivity index (χ0v) is 13.1. The number of rotatable bonds is 6. The fraction of sp³-hybridized carbons (Fsp3) is 0.471. The highest BCUT2D eigenvalue weighted by atomic mass is 16.6. The number of para-hydroxylation sites is 1. The normalized spacial score (nSPS) is 17.0. The maximum absolute atomic E-state index is 12.5. The standard InChI is InChI=1S/C17H22N2O3/c1-3-8-14(18-22-4-2)17-15(20)11-19(12-16(17)21)13-9-6-5-7-10-13/h5-7,9-10,17H,3-4,8,11-12H2,1-2H3. The summed E-state index contributed by atoms with van der Waals surface area (Å²) in [5, 5.41) is 4.01. The predicted molar refractivity (Wildman–Crippen MR) is 86.1 cm³/mol. The molecule has 0 radical (unpaired) electrons. The molecule has 1 fully saturated rings. The number of hydrogen-bond acceptors (Lipinski definition) is 5.